The molecule has 0 bridgehead atoms. The maximum absolute atomic E-state index is 13.0. The Kier molecular flexibility index (Phi) is 4.29. The zero-order valence-corrected chi connectivity index (χ0v) is 11.9. The summed E-state index contributed by atoms with van der Waals surface area (Å²) in [5.41, 5.74) is 1.49. The van der Waals surface area contributed by atoms with Gasteiger partial charge in [-0.1, -0.05) is 37.9 Å². The first-order valence-corrected chi connectivity index (χ1v) is 7.01. The molecule has 3 heteroatoms. The highest BCUT2D eigenvalue weighted by Crippen LogP contribution is 2.35. The fourth-order valence-electron chi connectivity index (χ4n) is 2.78. The van der Waals surface area contributed by atoms with Gasteiger partial charge in [0.05, 0.1) is 5.02 Å². The third-order valence-electron chi connectivity index (χ3n) is 3.78. The lowest BCUT2D eigenvalue weighted by Gasteiger charge is -2.35. The highest BCUT2D eigenvalue weighted by molar-refractivity contribution is 6.30. The molecule has 1 aromatic carbocycles. The average Bonchev–Trinajstić information content (AvgIpc) is 2.29. The van der Waals surface area contributed by atoms with Gasteiger partial charge in [0.1, 0.15) is 5.82 Å². The fraction of sp³-hybridized carbons (Fsp3) is 0.600. The van der Waals surface area contributed by atoms with Crippen molar-refractivity contribution >= 4 is 11.6 Å². The van der Waals surface area contributed by atoms with Crippen LogP contribution in [0.1, 0.15) is 45.1 Å². The first kappa shape index (κ1) is 13.8. The number of nitrogens with one attached hydrogen (secondary N) is 1. The van der Waals surface area contributed by atoms with Crippen LogP contribution >= 0.6 is 11.6 Å². The Labute approximate surface area is 114 Å². The fourth-order valence-corrected chi connectivity index (χ4v) is 2.99. The third kappa shape index (κ3) is 3.69. The number of rotatable bonds is 3. The molecule has 1 aromatic rings. The van der Waals surface area contributed by atoms with Gasteiger partial charge in [-0.2, -0.15) is 0 Å². The van der Waals surface area contributed by atoms with Gasteiger partial charge in [0, 0.05) is 12.6 Å². The Balaban J connectivity index is 1.89. The zero-order chi connectivity index (χ0) is 13.2. The summed E-state index contributed by atoms with van der Waals surface area (Å²) in [6.07, 6.45) is 5.04. The minimum Gasteiger partial charge on any atom is -0.310 e. The van der Waals surface area contributed by atoms with Crippen molar-refractivity contribution in [2.45, 2.75) is 52.1 Å². The largest absolute Gasteiger partial charge is 0.310 e. The molecule has 0 heterocycles. The van der Waals surface area contributed by atoms with E-state index < -0.39 is 0 Å². The van der Waals surface area contributed by atoms with Gasteiger partial charge in [-0.3, -0.25) is 0 Å². The van der Waals surface area contributed by atoms with Crippen molar-refractivity contribution in [3.63, 3.8) is 0 Å². The maximum Gasteiger partial charge on any atom is 0.141 e. The van der Waals surface area contributed by atoms with Crippen LogP contribution in [-0.4, -0.2) is 6.04 Å². The Morgan fingerprint density at radius 3 is 2.89 bits per heavy atom. The van der Waals surface area contributed by atoms with Gasteiger partial charge in [-0.25, -0.2) is 4.39 Å². The Hall–Kier alpha value is -0.600. The summed E-state index contributed by atoms with van der Waals surface area (Å²) in [5.74, 6) is -0.348. The zero-order valence-electron chi connectivity index (χ0n) is 11.1. The third-order valence-corrected chi connectivity index (χ3v) is 4.07. The molecule has 0 amide bonds. The molecule has 1 nitrogen and oxygen atoms in total. The molecule has 0 aromatic heterocycles. The van der Waals surface area contributed by atoms with Crippen molar-refractivity contribution in [1.29, 1.82) is 0 Å². The van der Waals surface area contributed by atoms with E-state index >= 15 is 0 Å². The monoisotopic (exact) mass is 269 g/mol. The second kappa shape index (κ2) is 5.58. The van der Waals surface area contributed by atoms with Crippen molar-refractivity contribution in [1.82, 2.24) is 5.32 Å². The van der Waals surface area contributed by atoms with E-state index in [1.165, 1.54) is 31.7 Å². The van der Waals surface area contributed by atoms with Gasteiger partial charge in [-0.15, -0.1) is 0 Å². The minimum atomic E-state index is -0.348. The van der Waals surface area contributed by atoms with E-state index in [4.69, 9.17) is 11.6 Å². The molecular formula is C15H21ClFN. The molecule has 1 N–H and O–H groups in total. The molecule has 0 spiro atoms. The summed E-state index contributed by atoms with van der Waals surface area (Å²) >= 11 is 5.78. The van der Waals surface area contributed by atoms with E-state index in [9.17, 15) is 4.39 Å². The summed E-state index contributed by atoms with van der Waals surface area (Å²) in [6, 6.07) is 5.50. The van der Waals surface area contributed by atoms with E-state index in [2.05, 4.69) is 19.2 Å². The van der Waals surface area contributed by atoms with Crippen LogP contribution < -0.4 is 5.32 Å². The standard InChI is InChI=1S/C15H21ClFN/c1-15(2)7-3-4-12(9-15)18-10-11-5-6-14(17)13(16)8-11/h5-6,8,12,18H,3-4,7,9-10H2,1-2H3. The Morgan fingerprint density at radius 1 is 1.44 bits per heavy atom. The molecule has 1 fully saturated rings. The lowest BCUT2D eigenvalue weighted by atomic mass is 9.75. The van der Waals surface area contributed by atoms with E-state index in [1.807, 2.05) is 0 Å². The molecule has 1 atom stereocenters. The molecule has 1 aliphatic rings. The number of benzene rings is 1. The SMILES string of the molecule is CC1(C)CCCC(NCc2ccc(F)c(Cl)c2)C1. The smallest absolute Gasteiger partial charge is 0.141 e. The Bertz CT molecular complexity index is 417. The molecule has 0 saturated heterocycles. The molecule has 18 heavy (non-hydrogen) atoms. The lowest BCUT2D eigenvalue weighted by molar-refractivity contribution is 0.198. The van der Waals surface area contributed by atoms with Crippen molar-refractivity contribution < 1.29 is 4.39 Å². The van der Waals surface area contributed by atoms with Gasteiger partial charge < -0.3 is 5.32 Å². The van der Waals surface area contributed by atoms with Crippen LogP contribution in [0.15, 0.2) is 18.2 Å². The summed E-state index contributed by atoms with van der Waals surface area (Å²) in [4.78, 5) is 0. The summed E-state index contributed by atoms with van der Waals surface area (Å²) < 4.78 is 13.0. The quantitative estimate of drug-likeness (QED) is 0.850. The van der Waals surface area contributed by atoms with Gasteiger partial charge >= 0.3 is 0 Å². The van der Waals surface area contributed by atoms with Crippen LogP contribution in [0, 0.1) is 11.2 Å². The topological polar surface area (TPSA) is 12.0 Å². The van der Waals surface area contributed by atoms with Crippen molar-refractivity contribution in [2.75, 3.05) is 0 Å². The predicted molar refractivity (Wildman–Crippen MR) is 74.3 cm³/mol. The van der Waals surface area contributed by atoms with Crippen LogP contribution in [-0.2, 0) is 6.54 Å². The second-order valence-corrected chi connectivity index (χ2v) is 6.49. The van der Waals surface area contributed by atoms with Crippen molar-refractivity contribution in [3.8, 4) is 0 Å². The predicted octanol–water partition coefficient (Wildman–Crippen LogP) is 4.54. The van der Waals surface area contributed by atoms with Crippen LogP contribution in [0.25, 0.3) is 0 Å². The van der Waals surface area contributed by atoms with Crippen molar-refractivity contribution in [2.24, 2.45) is 5.41 Å². The van der Waals surface area contributed by atoms with E-state index in [0.29, 0.717) is 11.5 Å². The van der Waals surface area contributed by atoms with Crippen LogP contribution in [0.4, 0.5) is 4.39 Å². The van der Waals surface area contributed by atoms with E-state index in [1.54, 1.807) is 12.1 Å². The Morgan fingerprint density at radius 2 is 2.22 bits per heavy atom. The molecule has 100 valence electrons. The summed E-state index contributed by atoms with van der Waals surface area (Å²) in [5, 5.41) is 3.77. The van der Waals surface area contributed by atoms with Gasteiger partial charge in [0.2, 0.25) is 0 Å². The molecule has 0 radical (unpaired) electrons. The highest BCUT2D eigenvalue weighted by atomic mass is 35.5. The summed E-state index contributed by atoms with van der Waals surface area (Å²) in [7, 11) is 0. The number of hydrogen-bond donors (Lipinski definition) is 1. The number of hydrogen-bond acceptors (Lipinski definition) is 1. The number of halogens is 2. The van der Waals surface area contributed by atoms with Gasteiger partial charge in [-0.05, 0) is 42.4 Å². The molecular weight excluding hydrogens is 249 g/mol. The van der Waals surface area contributed by atoms with Crippen molar-refractivity contribution in [3.05, 3.63) is 34.6 Å². The van der Waals surface area contributed by atoms with Gasteiger partial charge in [0.15, 0.2) is 0 Å². The van der Waals surface area contributed by atoms with E-state index in [0.717, 1.165) is 12.1 Å². The van der Waals surface area contributed by atoms with Crippen LogP contribution in [0.2, 0.25) is 5.02 Å². The lowest BCUT2D eigenvalue weighted by Crippen LogP contribution is -2.36. The van der Waals surface area contributed by atoms with Gasteiger partial charge in [0.25, 0.3) is 0 Å². The first-order chi connectivity index (χ1) is 8.46. The molecule has 1 saturated carbocycles. The van der Waals surface area contributed by atoms with Crippen LogP contribution in [0.5, 0.6) is 0 Å². The van der Waals surface area contributed by atoms with Crippen LogP contribution in [0.3, 0.4) is 0 Å². The van der Waals surface area contributed by atoms with E-state index in [-0.39, 0.29) is 10.8 Å². The second-order valence-electron chi connectivity index (χ2n) is 6.09. The first-order valence-electron chi connectivity index (χ1n) is 6.64. The molecule has 1 aliphatic carbocycles. The molecule has 2 rings (SSSR count). The summed E-state index contributed by atoms with van der Waals surface area (Å²) in [6.45, 7) is 5.42. The maximum atomic E-state index is 13.0. The normalized spacial score (nSPS) is 23.0. The highest BCUT2D eigenvalue weighted by Gasteiger charge is 2.27. The minimum absolute atomic E-state index is 0.207. The average molecular weight is 270 g/mol. The molecule has 1 unspecified atom stereocenters. The molecule has 0 aliphatic heterocycles.